The number of unbranched alkanes of at least 4 members (excludes halogenated alkanes) is 1. The Bertz CT molecular complexity index is 1820. The highest BCUT2D eigenvalue weighted by Crippen LogP contribution is 2.35. The van der Waals surface area contributed by atoms with Gasteiger partial charge in [0.15, 0.2) is 0 Å². The van der Waals surface area contributed by atoms with Gasteiger partial charge in [0, 0.05) is 41.2 Å². The summed E-state index contributed by atoms with van der Waals surface area (Å²) in [5.74, 6) is -0.720. The molecule has 0 aliphatic heterocycles. The number of phenols is 1. The van der Waals surface area contributed by atoms with Crippen molar-refractivity contribution >= 4 is 33.5 Å². The molecule has 4 N–H and O–H groups in total. The van der Waals surface area contributed by atoms with Crippen LogP contribution in [0.2, 0.25) is 0 Å². The van der Waals surface area contributed by atoms with Gasteiger partial charge in [0.1, 0.15) is 22.9 Å². The number of fused-ring (bicyclic) bond motifs is 2. The number of halogens is 1. The lowest BCUT2D eigenvalue weighted by molar-refractivity contribution is -0.116. The van der Waals surface area contributed by atoms with Crippen LogP contribution in [0.1, 0.15) is 26.2 Å². The van der Waals surface area contributed by atoms with E-state index in [2.05, 4.69) is 35.5 Å². The number of carbonyl (C=O) groups excluding carboxylic acids is 1. The zero-order valence-electron chi connectivity index (χ0n) is 21.0. The van der Waals surface area contributed by atoms with Crippen LogP contribution in [0.3, 0.4) is 0 Å². The highest BCUT2D eigenvalue weighted by atomic mass is 19.1. The second kappa shape index (κ2) is 9.97. The molecule has 0 saturated carbocycles. The first kappa shape index (κ1) is 24.2. The summed E-state index contributed by atoms with van der Waals surface area (Å²) < 4.78 is 14.0. The minimum atomic E-state index is -0.525. The van der Waals surface area contributed by atoms with Crippen molar-refractivity contribution in [2.24, 2.45) is 0 Å². The van der Waals surface area contributed by atoms with E-state index in [1.54, 1.807) is 30.9 Å². The molecule has 5 heterocycles. The molecule has 0 aliphatic rings. The maximum absolute atomic E-state index is 14.0. The minimum absolute atomic E-state index is 0.0448. The monoisotopic (exact) mass is 521 g/mol. The Morgan fingerprint density at radius 1 is 1.03 bits per heavy atom. The molecular weight excluding hydrogens is 497 g/mol. The predicted octanol–water partition coefficient (Wildman–Crippen LogP) is 6.20. The zero-order valence-corrected chi connectivity index (χ0v) is 21.0. The number of amides is 1. The van der Waals surface area contributed by atoms with Gasteiger partial charge < -0.3 is 15.4 Å². The lowest BCUT2D eigenvalue weighted by Crippen LogP contribution is -2.11. The molecule has 5 aromatic heterocycles. The fourth-order valence-electron chi connectivity index (χ4n) is 4.62. The van der Waals surface area contributed by atoms with Gasteiger partial charge in [-0.3, -0.25) is 19.9 Å². The standard InChI is InChI=1S/C29H24FN7O2/c1-2-3-4-27(39)34-19-8-17(13-31-14-19)24-12-23-26(15-33-24)36-37-28(23)25-11-22-21(5-6-32-29(22)35-25)16-7-18(30)10-20(38)9-16/h5-15,38H,2-4H2,1H3,(H,32,35)(H,34,39)(H,36,37). The van der Waals surface area contributed by atoms with Gasteiger partial charge in [0.2, 0.25) is 5.91 Å². The molecule has 1 amide bonds. The van der Waals surface area contributed by atoms with Gasteiger partial charge in [-0.15, -0.1) is 0 Å². The number of hydrogen-bond acceptors (Lipinski definition) is 6. The molecule has 0 radical (unpaired) electrons. The van der Waals surface area contributed by atoms with Crippen LogP contribution in [-0.2, 0) is 4.79 Å². The number of nitrogens with one attached hydrogen (secondary N) is 3. The normalized spacial score (nSPS) is 11.3. The van der Waals surface area contributed by atoms with E-state index in [1.165, 1.54) is 12.1 Å². The molecule has 0 atom stereocenters. The summed E-state index contributed by atoms with van der Waals surface area (Å²) in [6.45, 7) is 2.04. The Kier molecular flexibility index (Phi) is 6.20. The molecule has 1 aromatic carbocycles. The molecule has 194 valence electrons. The van der Waals surface area contributed by atoms with Gasteiger partial charge in [0.05, 0.1) is 35.0 Å². The lowest BCUT2D eigenvalue weighted by atomic mass is 10.0. The van der Waals surface area contributed by atoms with Crippen LogP contribution in [0.15, 0.2) is 67.3 Å². The van der Waals surface area contributed by atoms with Gasteiger partial charge >= 0.3 is 0 Å². The van der Waals surface area contributed by atoms with Crippen LogP contribution >= 0.6 is 0 Å². The average molecular weight is 522 g/mol. The number of anilines is 1. The Balaban J connectivity index is 1.38. The highest BCUT2D eigenvalue weighted by Gasteiger charge is 2.16. The van der Waals surface area contributed by atoms with E-state index in [0.717, 1.165) is 46.3 Å². The molecule has 0 fully saturated rings. The number of aromatic hydroxyl groups is 1. The summed E-state index contributed by atoms with van der Waals surface area (Å²) in [6, 6.07) is 11.4. The molecule has 39 heavy (non-hydrogen) atoms. The summed E-state index contributed by atoms with van der Waals surface area (Å²) in [6.07, 6.45) is 8.89. The molecule has 0 aliphatic carbocycles. The van der Waals surface area contributed by atoms with Crippen molar-refractivity contribution < 1.29 is 14.3 Å². The fraction of sp³-hybridized carbons (Fsp3) is 0.138. The van der Waals surface area contributed by atoms with Crippen molar-refractivity contribution in [2.75, 3.05) is 5.32 Å². The predicted molar refractivity (Wildman–Crippen MR) is 147 cm³/mol. The van der Waals surface area contributed by atoms with Crippen LogP contribution in [0.25, 0.3) is 55.7 Å². The van der Waals surface area contributed by atoms with E-state index in [4.69, 9.17) is 0 Å². The number of phenolic OH excluding ortho intramolecular Hbond substituents is 1. The van der Waals surface area contributed by atoms with E-state index < -0.39 is 5.82 Å². The van der Waals surface area contributed by atoms with Crippen molar-refractivity contribution in [3.8, 4) is 39.5 Å². The molecule has 6 aromatic rings. The van der Waals surface area contributed by atoms with Gasteiger partial charge in [-0.2, -0.15) is 5.10 Å². The Labute approximate surface area is 222 Å². The van der Waals surface area contributed by atoms with Crippen LogP contribution in [0.5, 0.6) is 5.75 Å². The number of benzene rings is 1. The van der Waals surface area contributed by atoms with Crippen molar-refractivity contribution in [1.82, 2.24) is 30.1 Å². The lowest BCUT2D eigenvalue weighted by Gasteiger charge is -2.07. The third-order valence-corrected chi connectivity index (χ3v) is 6.50. The number of hydrogen-bond donors (Lipinski definition) is 4. The number of H-pyrrole nitrogens is 2. The summed E-state index contributed by atoms with van der Waals surface area (Å²) in [4.78, 5) is 28.8. The number of aromatic nitrogens is 6. The maximum Gasteiger partial charge on any atom is 0.224 e. The van der Waals surface area contributed by atoms with Gasteiger partial charge in [-0.05, 0) is 53.9 Å². The van der Waals surface area contributed by atoms with E-state index in [0.29, 0.717) is 40.4 Å². The molecular formula is C29H24FN7O2. The first-order chi connectivity index (χ1) is 19.0. The smallest absolute Gasteiger partial charge is 0.224 e. The van der Waals surface area contributed by atoms with E-state index in [-0.39, 0.29) is 11.7 Å². The first-order valence-electron chi connectivity index (χ1n) is 12.6. The second-order valence-corrected chi connectivity index (χ2v) is 9.30. The summed E-state index contributed by atoms with van der Waals surface area (Å²) in [5.41, 5.74) is 6.03. The minimum Gasteiger partial charge on any atom is -0.508 e. The largest absolute Gasteiger partial charge is 0.508 e. The molecule has 0 unspecified atom stereocenters. The highest BCUT2D eigenvalue weighted by molar-refractivity contribution is 6.00. The number of rotatable bonds is 7. The molecule has 0 bridgehead atoms. The van der Waals surface area contributed by atoms with Crippen molar-refractivity contribution in [3.63, 3.8) is 0 Å². The summed E-state index contributed by atoms with van der Waals surface area (Å²) in [5, 5.41) is 21.9. The van der Waals surface area contributed by atoms with E-state index in [9.17, 15) is 14.3 Å². The average Bonchev–Trinajstić information content (AvgIpc) is 3.55. The number of aromatic amines is 2. The topological polar surface area (TPSA) is 132 Å². The van der Waals surface area contributed by atoms with E-state index in [1.807, 2.05) is 25.1 Å². The summed E-state index contributed by atoms with van der Waals surface area (Å²) in [7, 11) is 0. The number of carbonyl (C=O) groups is 1. The van der Waals surface area contributed by atoms with Crippen molar-refractivity contribution in [2.45, 2.75) is 26.2 Å². The number of nitrogens with zero attached hydrogens (tertiary/aromatic N) is 4. The Morgan fingerprint density at radius 2 is 1.92 bits per heavy atom. The Morgan fingerprint density at radius 3 is 2.77 bits per heavy atom. The van der Waals surface area contributed by atoms with Crippen LogP contribution < -0.4 is 5.32 Å². The van der Waals surface area contributed by atoms with Crippen LogP contribution in [-0.4, -0.2) is 41.1 Å². The van der Waals surface area contributed by atoms with Gasteiger partial charge in [0.25, 0.3) is 0 Å². The Hall–Kier alpha value is -5.12. The zero-order chi connectivity index (χ0) is 26.9. The van der Waals surface area contributed by atoms with Gasteiger partial charge in [-0.25, -0.2) is 9.37 Å². The SMILES string of the molecule is CCCCC(=O)Nc1cncc(-c2cc3c(-c4cc5c(-c6cc(O)cc(F)c6)ccnc5[nH]4)n[nH]c3cn2)c1. The van der Waals surface area contributed by atoms with Gasteiger partial charge in [-0.1, -0.05) is 13.3 Å². The van der Waals surface area contributed by atoms with Crippen LogP contribution in [0, 0.1) is 5.82 Å². The molecule has 9 nitrogen and oxygen atoms in total. The van der Waals surface area contributed by atoms with Crippen molar-refractivity contribution in [3.05, 3.63) is 73.1 Å². The third kappa shape index (κ3) is 4.79. The van der Waals surface area contributed by atoms with Crippen molar-refractivity contribution in [1.29, 1.82) is 0 Å². The third-order valence-electron chi connectivity index (χ3n) is 6.50. The van der Waals surface area contributed by atoms with E-state index >= 15 is 0 Å². The molecule has 10 heteroatoms. The summed E-state index contributed by atoms with van der Waals surface area (Å²) >= 11 is 0. The van der Waals surface area contributed by atoms with Crippen LogP contribution in [0.4, 0.5) is 10.1 Å². The maximum atomic E-state index is 14.0. The molecule has 0 spiro atoms. The number of pyridine rings is 3. The second-order valence-electron chi connectivity index (χ2n) is 9.30. The first-order valence-corrected chi connectivity index (χ1v) is 12.6. The fourth-order valence-corrected chi connectivity index (χ4v) is 4.62. The quantitative estimate of drug-likeness (QED) is 0.198. The molecule has 6 rings (SSSR count). The molecule has 0 saturated heterocycles.